The number of halogens is 2. The maximum absolute atomic E-state index is 11.9. The van der Waals surface area contributed by atoms with Gasteiger partial charge in [-0.15, -0.1) is 0 Å². The Hall–Kier alpha value is -0.270. The summed E-state index contributed by atoms with van der Waals surface area (Å²) >= 11 is 0. The van der Waals surface area contributed by atoms with Crippen molar-refractivity contribution in [3.05, 3.63) is 0 Å². The number of alkyl halides is 2. The molecule has 1 N–H and O–H groups in total. The predicted molar refractivity (Wildman–Crippen MR) is 50.9 cm³/mol. The normalized spacial score (nSPS) is 15.1. The Morgan fingerprint density at radius 1 is 1.43 bits per heavy atom. The Balaban J connectivity index is 4.45. The molecule has 0 spiro atoms. The van der Waals surface area contributed by atoms with Gasteiger partial charge in [0.15, 0.2) is 0 Å². The zero-order chi connectivity index (χ0) is 11.4. The first-order valence-electron chi connectivity index (χ1n) is 4.20. The second kappa shape index (κ2) is 5.57. The Morgan fingerprint density at radius 3 is 2.29 bits per heavy atom. The maximum Gasteiger partial charge on any atom is 0.252 e. The van der Waals surface area contributed by atoms with E-state index in [-0.39, 0.29) is 6.54 Å². The zero-order valence-corrected chi connectivity index (χ0v) is 9.31. The van der Waals surface area contributed by atoms with E-state index in [0.29, 0.717) is 4.31 Å². The fourth-order valence-electron chi connectivity index (χ4n) is 0.998. The summed E-state index contributed by atoms with van der Waals surface area (Å²) in [4.78, 5) is 0. The van der Waals surface area contributed by atoms with E-state index in [1.165, 1.54) is 6.92 Å². The second-order valence-corrected chi connectivity index (χ2v) is 5.54. The van der Waals surface area contributed by atoms with Crippen molar-refractivity contribution < 1.29 is 17.2 Å². The number of hydrogen-bond donors (Lipinski definition) is 1. The first kappa shape index (κ1) is 13.7. The van der Waals surface area contributed by atoms with Crippen molar-refractivity contribution in [2.45, 2.75) is 18.6 Å². The molecule has 0 saturated heterocycles. The number of nitrogens with one attached hydrogen (secondary N) is 1. The molecule has 0 aromatic carbocycles. The third-order valence-electron chi connectivity index (χ3n) is 1.83. The molecule has 0 aromatic heterocycles. The Bertz CT molecular complexity index is 256. The van der Waals surface area contributed by atoms with Crippen LogP contribution in [0.5, 0.6) is 0 Å². The van der Waals surface area contributed by atoms with Gasteiger partial charge in [0.25, 0.3) is 6.43 Å². The lowest BCUT2D eigenvalue weighted by Crippen LogP contribution is -2.41. The van der Waals surface area contributed by atoms with E-state index in [1.54, 1.807) is 7.05 Å². The van der Waals surface area contributed by atoms with Gasteiger partial charge in [0.05, 0.1) is 11.8 Å². The Morgan fingerprint density at radius 2 is 1.93 bits per heavy atom. The van der Waals surface area contributed by atoms with Crippen molar-refractivity contribution in [2.75, 3.05) is 27.2 Å². The molecule has 1 unspecified atom stereocenters. The third-order valence-corrected chi connectivity index (χ3v) is 4.03. The van der Waals surface area contributed by atoms with E-state index in [4.69, 9.17) is 0 Å². The van der Waals surface area contributed by atoms with E-state index >= 15 is 0 Å². The topological polar surface area (TPSA) is 49.4 Å². The van der Waals surface area contributed by atoms with Gasteiger partial charge in [-0.05, 0) is 14.0 Å². The molecule has 0 aliphatic carbocycles. The Labute approximate surface area is 83.3 Å². The van der Waals surface area contributed by atoms with Gasteiger partial charge in [-0.2, -0.15) is 4.31 Å². The minimum absolute atomic E-state index is 0.246. The quantitative estimate of drug-likeness (QED) is 0.705. The molecule has 0 saturated carbocycles. The van der Waals surface area contributed by atoms with E-state index in [0.717, 1.165) is 7.05 Å². The van der Waals surface area contributed by atoms with Crippen molar-refractivity contribution in [1.82, 2.24) is 9.62 Å². The minimum Gasteiger partial charge on any atom is -0.318 e. The highest BCUT2D eigenvalue weighted by Crippen LogP contribution is 2.08. The summed E-state index contributed by atoms with van der Waals surface area (Å²) in [5.41, 5.74) is 0. The van der Waals surface area contributed by atoms with Crippen molar-refractivity contribution in [2.24, 2.45) is 0 Å². The molecule has 0 radical (unpaired) electrons. The summed E-state index contributed by atoms with van der Waals surface area (Å²) in [5.74, 6) is 0. The molecule has 0 heterocycles. The van der Waals surface area contributed by atoms with Crippen LogP contribution >= 0.6 is 0 Å². The molecule has 0 rings (SSSR count). The zero-order valence-electron chi connectivity index (χ0n) is 8.50. The molecule has 0 aliphatic rings. The Kier molecular flexibility index (Phi) is 5.46. The molecule has 86 valence electrons. The summed E-state index contributed by atoms with van der Waals surface area (Å²) in [6, 6.07) is 0. The summed E-state index contributed by atoms with van der Waals surface area (Å²) < 4.78 is 47.6. The van der Waals surface area contributed by atoms with Gasteiger partial charge in [-0.3, -0.25) is 0 Å². The van der Waals surface area contributed by atoms with Crippen LogP contribution in [0.4, 0.5) is 8.78 Å². The van der Waals surface area contributed by atoms with Gasteiger partial charge < -0.3 is 5.32 Å². The first-order chi connectivity index (χ1) is 6.32. The van der Waals surface area contributed by atoms with Crippen molar-refractivity contribution in [3.8, 4) is 0 Å². The smallest absolute Gasteiger partial charge is 0.252 e. The van der Waals surface area contributed by atoms with Gasteiger partial charge >= 0.3 is 0 Å². The summed E-state index contributed by atoms with van der Waals surface area (Å²) in [5, 5.41) is 1.99. The van der Waals surface area contributed by atoms with Crippen LogP contribution in [0.25, 0.3) is 0 Å². The van der Waals surface area contributed by atoms with Gasteiger partial charge in [0, 0.05) is 13.6 Å². The summed E-state index contributed by atoms with van der Waals surface area (Å²) in [6.07, 6.45) is -2.64. The highest BCUT2D eigenvalue weighted by atomic mass is 32.2. The average molecular weight is 230 g/mol. The summed E-state index contributed by atoms with van der Waals surface area (Å²) in [7, 11) is -0.835. The first-order valence-corrected chi connectivity index (χ1v) is 5.70. The molecule has 0 amide bonds. The molecule has 14 heavy (non-hydrogen) atoms. The van der Waals surface area contributed by atoms with Crippen LogP contribution in [-0.4, -0.2) is 51.6 Å². The molecule has 0 bridgehead atoms. The maximum atomic E-state index is 11.9. The van der Waals surface area contributed by atoms with E-state index in [9.17, 15) is 17.2 Å². The van der Waals surface area contributed by atoms with E-state index in [1.807, 2.05) is 0 Å². The van der Waals surface area contributed by atoms with Crippen LogP contribution in [0.15, 0.2) is 0 Å². The van der Waals surface area contributed by atoms with Crippen LogP contribution in [0.3, 0.4) is 0 Å². The highest BCUT2D eigenvalue weighted by Gasteiger charge is 2.27. The average Bonchev–Trinajstić information content (AvgIpc) is 2.03. The number of nitrogens with zero attached hydrogens (tertiary/aromatic N) is 1. The fraction of sp³-hybridized carbons (Fsp3) is 1.00. The van der Waals surface area contributed by atoms with Crippen LogP contribution in [0, 0.1) is 0 Å². The van der Waals surface area contributed by atoms with Crippen LogP contribution in [0.1, 0.15) is 6.92 Å². The largest absolute Gasteiger partial charge is 0.318 e. The molecule has 0 aromatic rings. The molecular formula is C7H16F2N2O2S. The fourth-order valence-corrected chi connectivity index (χ4v) is 2.31. The third kappa shape index (κ3) is 3.85. The number of sulfonamides is 1. The lowest BCUT2D eigenvalue weighted by atomic mass is 10.5. The highest BCUT2D eigenvalue weighted by molar-refractivity contribution is 7.89. The lowest BCUT2D eigenvalue weighted by Gasteiger charge is -2.21. The van der Waals surface area contributed by atoms with Gasteiger partial charge in [-0.25, -0.2) is 17.2 Å². The SMILES string of the molecule is CNCC(C)S(=O)(=O)N(C)CC(F)F. The van der Waals surface area contributed by atoms with Gasteiger partial charge in [0.1, 0.15) is 0 Å². The monoisotopic (exact) mass is 230 g/mol. The van der Waals surface area contributed by atoms with E-state index < -0.39 is 28.2 Å². The van der Waals surface area contributed by atoms with Gasteiger partial charge in [-0.1, -0.05) is 0 Å². The van der Waals surface area contributed by atoms with Crippen LogP contribution in [-0.2, 0) is 10.0 Å². The summed E-state index contributed by atoms with van der Waals surface area (Å²) in [6.45, 7) is 0.972. The number of hydrogen-bond acceptors (Lipinski definition) is 3. The molecular weight excluding hydrogens is 214 g/mol. The molecule has 0 fully saturated rings. The minimum atomic E-state index is -3.61. The predicted octanol–water partition coefficient (Wildman–Crippen LogP) is 0.121. The van der Waals surface area contributed by atoms with Gasteiger partial charge in [0.2, 0.25) is 10.0 Å². The molecule has 7 heteroatoms. The van der Waals surface area contributed by atoms with Crippen molar-refractivity contribution in [3.63, 3.8) is 0 Å². The molecule has 4 nitrogen and oxygen atoms in total. The lowest BCUT2D eigenvalue weighted by molar-refractivity contribution is 0.126. The van der Waals surface area contributed by atoms with E-state index in [2.05, 4.69) is 5.32 Å². The number of rotatable bonds is 6. The van der Waals surface area contributed by atoms with Crippen LogP contribution in [0.2, 0.25) is 0 Å². The van der Waals surface area contributed by atoms with Crippen molar-refractivity contribution >= 4 is 10.0 Å². The standard InChI is InChI=1S/C7H16F2N2O2S/c1-6(4-10-2)14(12,13)11(3)5-7(8)9/h6-7,10H,4-5H2,1-3H3. The molecule has 1 atom stereocenters. The van der Waals surface area contributed by atoms with Crippen molar-refractivity contribution in [1.29, 1.82) is 0 Å². The van der Waals surface area contributed by atoms with Crippen LogP contribution < -0.4 is 5.32 Å². The molecule has 0 aliphatic heterocycles. The second-order valence-electron chi connectivity index (χ2n) is 3.08.